The van der Waals surface area contributed by atoms with Crippen LogP contribution < -0.4 is 9.47 Å². The minimum absolute atomic E-state index is 0.694. The van der Waals surface area contributed by atoms with Crippen LogP contribution in [0.1, 0.15) is 31.9 Å². The number of aryl methyl sites for hydroxylation is 1. The molecule has 15 heavy (non-hydrogen) atoms. The van der Waals surface area contributed by atoms with Gasteiger partial charge in [-0.3, -0.25) is 0 Å². The van der Waals surface area contributed by atoms with Crippen LogP contribution >= 0.6 is 0 Å². The van der Waals surface area contributed by atoms with Crippen LogP contribution in [0.15, 0.2) is 12.1 Å². The lowest BCUT2D eigenvalue weighted by molar-refractivity contribution is 0.318. The molecule has 84 valence electrons. The average Bonchev–Trinajstić information content (AvgIpc) is 2.24. The van der Waals surface area contributed by atoms with Crippen LogP contribution in [-0.4, -0.2) is 13.2 Å². The van der Waals surface area contributed by atoms with Crippen LogP contribution in [0.5, 0.6) is 11.5 Å². The maximum Gasteiger partial charge on any atom is 0.126 e. The van der Waals surface area contributed by atoms with Gasteiger partial charge in [-0.05, 0) is 44.9 Å². The van der Waals surface area contributed by atoms with E-state index in [9.17, 15) is 0 Å². The van der Waals surface area contributed by atoms with Gasteiger partial charge in [0.05, 0.1) is 13.2 Å². The van der Waals surface area contributed by atoms with Crippen LogP contribution in [0.4, 0.5) is 0 Å². The molecule has 2 heteroatoms. The lowest BCUT2D eigenvalue weighted by Crippen LogP contribution is -2.00. The maximum atomic E-state index is 5.59. The fraction of sp³-hybridized carbons (Fsp3) is 0.538. The lowest BCUT2D eigenvalue weighted by atomic mass is 10.1. The molecule has 0 heterocycles. The van der Waals surface area contributed by atoms with Gasteiger partial charge in [-0.25, -0.2) is 0 Å². The molecule has 2 nitrogen and oxygen atoms in total. The summed E-state index contributed by atoms with van der Waals surface area (Å²) in [5, 5.41) is 0. The number of benzene rings is 1. The summed E-state index contributed by atoms with van der Waals surface area (Å²) < 4.78 is 11.2. The van der Waals surface area contributed by atoms with E-state index in [4.69, 9.17) is 9.47 Å². The van der Waals surface area contributed by atoms with Gasteiger partial charge in [0.1, 0.15) is 11.5 Å². The van der Waals surface area contributed by atoms with Crippen molar-refractivity contribution in [2.45, 2.75) is 34.1 Å². The highest BCUT2D eigenvalue weighted by Crippen LogP contribution is 2.30. The Morgan fingerprint density at radius 3 is 1.73 bits per heavy atom. The first-order valence-corrected chi connectivity index (χ1v) is 5.62. The Labute approximate surface area is 92.2 Å². The molecule has 0 spiro atoms. The van der Waals surface area contributed by atoms with Crippen molar-refractivity contribution in [1.82, 2.24) is 0 Å². The van der Waals surface area contributed by atoms with E-state index in [1.165, 1.54) is 5.56 Å². The molecule has 1 rings (SSSR count). The second-order valence-electron chi connectivity index (χ2n) is 3.44. The molecule has 0 aliphatic heterocycles. The lowest BCUT2D eigenvalue weighted by Gasteiger charge is -2.14. The predicted molar refractivity (Wildman–Crippen MR) is 62.9 cm³/mol. The van der Waals surface area contributed by atoms with E-state index < -0.39 is 0 Å². The summed E-state index contributed by atoms with van der Waals surface area (Å²) in [6.45, 7) is 9.56. The third kappa shape index (κ3) is 2.88. The Morgan fingerprint density at radius 2 is 1.40 bits per heavy atom. The van der Waals surface area contributed by atoms with Crippen molar-refractivity contribution in [2.24, 2.45) is 0 Å². The van der Waals surface area contributed by atoms with Gasteiger partial charge < -0.3 is 9.47 Å². The molecule has 0 fully saturated rings. The van der Waals surface area contributed by atoms with Crippen molar-refractivity contribution in [2.75, 3.05) is 13.2 Å². The molecule has 0 saturated carbocycles. The summed E-state index contributed by atoms with van der Waals surface area (Å²) in [5.41, 5.74) is 2.35. The van der Waals surface area contributed by atoms with Gasteiger partial charge >= 0.3 is 0 Å². The Bertz CT molecular complexity index is 291. The maximum absolute atomic E-state index is 5.59. The van der Waals surface area contributed by atoms with E-state index in [1.807, 2.05) is 20.8 Å². The monoisotopic (exact) mass is 208 g/mol. The van der Waals surface area contributed by atoms with E-state index >= 15 is 0 Å². The predicted octanol–water partition coefficient (Wildman–Crippen LogP) is 3.35. The molecule has 0 amide bonds. The van der Waals surface area contributed by atoms with Crippen molar-refractivity contribution in [3.63, 3.8) is 0 Å². The SMILES string of the molecule is CCOc1cc(CC)cc(OCC)c1C. The van der Waals surface area contributed by atoms with Gasteiger partial charge in [0.2, 0.25) is 0 Å². The van der Waals surface area contributed by atoms with E-state index in [2.05, 4.69) is 19.1 Å². The van der Waals surface area contributed by atoms with E-state index in [0.717, 1.165) is 23.5 Å². The minimum atomic E-state index is 0.694. The topological polar surface area (TPSA) is 18.5 Å². The van der Waals surface area contributed by atoms with E-state index in [-0.39, 0.29) is 0 Å². The van der Waals surface area contributed by atoms with Crippen LogP contribution in [-0.2, 0) is 6.42 Å². The third-order valence-corrected chi connectivity index (χ3v) is 2.38. The standard InChI is InChI=1S/C13H20O2/c1-5-11-8-12(14-6-2)10(4)13(9-11)15-7-3/h8-9H,5-7H2,1-4H3. The second-order valence-corrected chi connectivity index (χ2v) is 3.44. The van der Waals surface area contributed by atoms with E-state index in [1.54, 1.807) is 0 Å². The van der Waals surface area contributed by atoms with Gasteiger partial charge in [0.25, 0.3) is 0 Å². The summed E-state index contributed by atoms with van der Waals surface area (Å²) in [5.74, 6) is 1.89. The highest BCUT2D eigenvalue weighted by atomic mass is 16.5. The number of rotatable bonds is 5. The fourth-order valence-electron chi connectivity index (χ4n) is 1.53. The minimum Gasteiger partial charge on any atom is -0.493 e. The van der Waals surface area contributed by atoms with Crippen LogP contribution in [0.2, 0.25) is 0 Å². The van der Waals surface area contributed by atoms with Crippen molar-refractivity contribution in [3.8, 4) is 11.5 Å². The van der Waals surface area contributed by atoms with Gasteiger partial charge in [0, 0.05) is 5.56 Å². The Morgan fingerprint density at radius 1 is 0.933 bits per heavy atom. The number of hydrogen-bond acceptors (Lipinski definition) is 2. The van der Waals surface area contributed by atoms with Crippen molar-refractivity contribution >= 4 is 0 Å². The zero-order valence-corrected chi connectivity index (χ0v) is 10.1. The highest BCUT2D eigenvalue weighted by Gasteiger charge is 2.08. The Balaban J connectivity index is 3.08. The molecule has 0 aromatic heterocycles. The van der Waals surface area contributed by atoms with E-state index in [0.29, 0.717) is 13.2 Å². The first kappa shape index (κ1) is 11.9. The molecule has 0 saturated heterocycles. The summed E-state index contributed by atoms with van der Waals surface area (Å²) in [4.78, 5) is 0. The molecular formula is C13H20O2. The van der Waals surface area contributed by atoms with Crippen molar-refractivity contribution in [3.05, 3.63) is 23.3 Å². The molecule has 0 unspecified atom stereocenters. The normalized spacial score (nSPS) is 10.1. The van der Waals surface area contributed by atoms with Crippen LogP contribution in [0, 0.1) is 6.92 Å². The Kier molecular flexibility index (Phi) is 4.47. The van der Waals surface area contributed by atoms with Crippen LogP contribution in [0.25, 0.3) is 0 Å². The molecule has 0 aliphatic carbocycles. The van der Waals surface area contributed by atoms with Gasteiger partial charge in [-0.1, -0.05) is 6.92 Å². The van der Waals surface area contributed by atoms with Crippen LogP contribution in [0.3, 0.4) is 0 Å². The second kappa shape index (κ2) is 5.64. The summed E-state index contributed by atoms with van der Waals surface area (Å²) in [6.07, 6.45) is 1.00. The quantitative estimate of drug-likeness (QED) is 0.738. The molecule has 0 atom stereocenters. The summed E-state index contributed by atoms with van der Waals surface area (Å²) in [6, 6.07) is 4.20. The summed E-state index contributed by atoms with van der Waals surface area (Å²) >= 11 is 0. The van der Waals surface area contributed by atoms with Gasteiger partial charge in [-0.15, -0.1) is 0 Å². The summed E-state index contributed by atoms with van der Waals surface area (Å²) in [7, 11) is 0. The van der Waals surface area contributed by atoms with Gasteiger partial charge in [-0.2, -0.15) is 0 Å². The zero-order valence-electron chi connectivity index (χ0n) is 10.1. The number of ether oxygens (including phenoxy) is 2. The first-order valence-electron chi connectivity index (χ1n) is 5.62. The van der Waals surface area contributed by atoms with Gasteiger partial charge in [0.15, 0.2) is 0 Å². The fourth-order valence-corrected chi connectivity index (χ4v) is 1.53. The Hall–Kier alpha value is -1.18. The zero-order chi connectivity index (χ0) is 11.3. The molecule has 1 aromatic carbocycles. The molecule has 0 radical (unpaired) electrons. The highest BCUT2D eigenvalue weighted by molar-refractivity contribution is 5.47. The smallest absolute Gasteiger partial charge is 0.126 e. The largest absolute Gasteiger partial charge is 0.493 e. The number of hydrogen-bond donors (Lipinski definition) is 0. The molecule has 1 aromatic rings. The molecule has 0 bridgehead atoms. The third-order valence-electron chi connectivity index (χ3n) is 2.38. The average molecular weight is 208 g/mol. The molecule has 0 aliphatic rings. The van der Waals surface area contributed by atoms with Crippen molar-refractivity contribution < 1.29 is 9.47 Å². The molecule has 0 N–H and O–H groups in total. The van der Waals surface area contributed by atoms with Crippen molar-refractivity contribution in [1.29, 1.82) is 0 Å². The molecular weight excluding hydrogens is 188 g/mol. The first-order chi connectivity index (χ1) is 7.22.